The molecule has 0 saturated carbocycles. The van der Waals surface area contributed by atoms with Crippen molar-refractivity contribution in [3.05, 3.63) is 126 Å². The van der Waals surface area contributed by atoms with Crippen LogP contribution in [0.2, 0.25) is 0 Å². The van der Waals surface area contributed by atoms with Gasteiger partial charge in [-0.3, -0.25) is 13.9 Å². The monoisotopic (exact) mass is 617 g/mol. The summed E-state index contributed by atoms with van der Waals surface area (Å²) >= 11 is 0. The second-order valence-electron chi connectivity index (χ2n) is 10.1. The van der Waals surface area contributed by atoms with Crippen molar-refractivity contribution in [1.82, 2.24) is 10.2 Å². The Kier molecular flexibility index (Phi) is 11.1. The molecule has 0 fully saturated rings. The first-order valence-corrected chi connectivity index (χ1v) is 15.7. The van der Waals surface area contributed by atoms with Crippen LogP contribution in [0.4, 0.5) is 10.1 Å². The first-order chi connectivity index (χ1) is 21.2. The van der Waals surface area contributed by atoms with E-state index in [0.717, 1.165) is 9.87 Å². The predicted octanol–water partition coefficient (Wildman–Crippen LogP) is 5.20. The number of benzene rings is 4. The van der Waals surface area contributed by atoms with Gasteiger partial charge in [0.15, 0.2) is 0 Å². The van der Waals surface area contributed by atoms with Crippen molar-refractivity contribution in [3.8, 4) is 5.75 Å². The lowest BCUT2D eigenvalue weighted by Crippen LogP contribution is -2.53. The van der Waals surface area contributed by atoms with Gasteiger partial charge in [0.2, 0.25) is 11.8 Å². The van der Waals surface area contributed by atoms with Crippen LogP contribution in [0.25, 0.3) is 0 Å². The molecular weight excluding hydrogens is 581 g/mol. The maximum atomic E-state index is 15.0. The van der Waals surface area contributed by atoms with Crippen LogP contribution < -0.4 is 14.4 Å². The standard InChI is InChI=1S/C34H36FN3O5S/c1-3-22-36-34(40)32(23-26-12-6-4-7-13-26)37(24-27-14-10-11-17-31(27)35)33(39)25-38(28-15-8-5-9-16-28)44(41,42)30-20-18-29(43-2)19-21-30/h4-21,32H,3,22-25H2,1-2H3,(H,36,40)/t32-/m0/s1. The van der Waals surface area contributed by atoms with Crippen LogP contribution in [0.3, 0.4) is 0 Å². The van der Waals surface area contributed by atoms with Crippen molar-refractivity contribution < 1.29 is 27.1 Å². The molecule has 8 nitrogen and oxygen atoms in total. The fourth-order valence-corrected chi connectivity index (χ4v) is 6.14. The normalized spacial score (nSPS) is 11.8. The van der Waals surface area contributed by atoms with Gasteiger partial charge in [-0.2, -0.15) is 0 Å². The summed E-state index contributed by atoms with van der Waals surface area (Å²) in [7, 11) is -2.77. The number of rotatable bonds is 14. The molecule has 0 saturated heterocycles. The van der Waals surface area contributed by atoms with E-state index in [1.807, 2.05) is 37.3 Å². The van der Waals surface area contributed by atoms with E-state index in [1.54, 1.807) is 48.5 Å². The van der Waals surface area contributed by atoms with Crippen molar-refractivity contribution in [2.75, 3.05) is 24.5 Å². The summed E-state index contributed by atoms with van der Waals surface area (Å²) < 4.78 is 49.2. The molecule has 0 heterocycles. The zero-order valence-corrected chi connectivity index (χ0v) is 25.5. The highest BCUT2D eigenvalue weighted by atomic mass is 32.2. The van der Waals surface area contributed by atoms with Crippen molar-refractivity contribution in [3.63, 3.8) is 0 Å². The van der Waals surface area contributed by atoms with Gasteiger partial charge in [-0.15, -0.1) is 0 Å². The van der Waals surface area contributed by atoms with Crippen LogP contribution in [0.5, 0.6) is 5.75 Å². The van der Waals surface area contributed by atoms with Crippen LogP contribution in [-0.2, 0) is 32.6 Å². The molecular formula is C34H36FN3O5S. The van der Waals surface area contributed by atoms with Gasteiger partial charge in [-0.1, -0.05) is 73.7 Å². The molecule has 1 atom stereocenters. The number of carbonyl (C=O) groups is 2. The molecule has 230 valence electrons. The lowest BCUT2D eigenvalue weighted by molar-refractivity contribution is -0.140. The van der Waals surface area contributed by atoms with Gasteiger partial charge in [0.25, 0.3) is 10.0 Å². The molecule has 44 heavy (non-hydrogen) atoms. The zero-order chi connectivity index (χ0) is 31.5. The number of methoxy groups -OCH3 is 1. The summed E-state index contributed by atoms with van der Waals surface area (Å²) in [5.74, 6) is -1.14. The smallest absolute Gasteiger partial charge is 0.264 e. The van der Waals surface area contributed by atoms with E-state index in [-0.39, 0.29) is 29.1 Å². The second kappa shape index (κ2) is 15.2. The van der Waals surface area contributed by atoms with Gasteiger partial charge >= 0.3 is 0 Å². The molecule has 1 N–H and O–H groups in total. The van der Waals surface area contributed by atoms with Crippen molar-refractivity contribution in [2.45, 2.75) is 37.2 Å². The van der Waals surface area contributed by atoms with Crippen molar-refractivity contribution in [1.29, 1.82) is 0 Å². The second-order valence-corrected chi connectivity index (χ2v) is 12.0. The van der Waals surface area contributed by atoms with Crippen LogP contribution >= 0.6 is 0 Å². The molecule has 0 aliphatic carbocycles. The van der Waals surface area contributed by atoms with Gasteiger partial charge in [0.05, 0.1) is 17.7 Å². The highest BCUT2D eigenvalue weighted by molar-refractivity contribution is 7.92. The van der Waals surface area contributed by atoms with E-state index < -0.39 is 40.2 Å². The number of halogens is 1. The SMILES string of the molecule is CCCNC(=O)[C@H](Cc1ccccc1)N(Cc1ccccc1F)C(=O)CN(c1ccccc1)S(=O)(=O)c1ccc(OC)cc1. The third-order valence-corrected chi connectivity index (χ3v) is 8.88. The maximum Gasteiger partial charge on any atom is 0.264 e. The summed E-state index contributed by atoms with van der Waals surface area (Å²) in [6.07, 6.45) is 0.820. The molecule has 0 aliphatic heterocycles. The molecule has 0 aliphatic rings. The van der Waals surface area contributed by atoms with E-state index in [0.29, 0.717) is 18.7 Å². The summed E-state index contributed by atoms with van der Waals surface area (Å²) in [6.45, 7) is 1.43. The lowest BCUT2D eigenvalue weighted by atomic mass is 10.0. The first kappa shape index (κ1) is 32.2. The minimum Gasteiger partial charge on any atom is -0.497 e. The van der Waals surface area contributed by atoms with E-state index in [9.17, 15) is 22.4 Å². The Morgan fingerprint density at radius 3 is 2.09 bits per heavy atom. The largest absolute Gasteiger partial charge is 0.497 e. The lowest BCUT2D eigenvalue weighted by Gasteiger charge is -2.34. The van der Waals surface area contributed by atoms with Crippen LogP contribution in [0, 0.1) is 5.82 Å². The fourth-order valence-electron chi connectivity index (χ4n) is 4.73. The van der Waals surface area contributed by atoms with Gasteiger partial charge in [-0.05, 0) is 54.4 Å². The first-order valence-electron chi connectivity index (χ1n) is 14.3. The number of hydrogen-bond acceptors (Lipinski definition) is 5. The average Bonchev–Trinajstić information content (AvgIpc) is 3.05. The van der Waals surface area contributed by atoms with Gasteiger partial charge < -0.3 is 15.0 Å². The molecule has 0 aromatic heterocycles. The number of amides is 2. The topological polar surface area (TPSA) is 96.0 Å². The predicted molar refractivity (Wildman–Crippen MR) is 168 cm³/mol. The number of sulfonamides is 1. The number of para-hydroxylation sites is 1. The minimum atomic E-state index is -4.25. The Labute approximate surface area is 258 Å². The number of nitrogens with zero attached hydrogens (tertiary/aromatic N) is 2. The number of carbonyl (C=O) groups excluding carboxylic acids is 2. The Morgan fingerprint density at radius 2 is 1.48 bits per heavy atom. The Balaban J connectivity index is 1.78. The molecule has 0 bridgehead atoms. The fraction of sp³-hybridized carbons (Fsp3) is 0.235. The maximum absolute atomic E-state index is 15.0. The Hall–Kier alpha value is -4.70. The van der Waals surface area contributed by atoms with Crippen molar-refractivity contribution in [2.24, 2.45) is 0 Å². The number of ether oxygens (including phenoxy) is 1. The summed E-state index contributed by atoms with van der Waals surface area (Å²) in [5.41, 5.74) is 1.25. The molecule has 4 rings (SSSR count). The van der Waals surface area contributed by atoms with E-state index >= 15 is 0 Å². The van der Waals surface area contributed by atoms with Crippen LogP contribution in [0.15, 0.2) is 114 Å². The van der Waals surface area contributed by atoms with Gasteiger partial charge in [0, 0.05) is 25.1 Å². The molecule has 10 heteroatoms. The van der Waals surface area contributed by atoms with Gasteiger partial charge in [-0.25, -0.2) is 12.8 Å². The highest BCUT2D eigenvalue weighted by Gasteiger charge is 2.34. The molecule has 0 radical (unpaired) electrons. The number of hydrogen-bond donors (Lipinski definition) is 1. The molecule has 0 unspecified atom stereocenters. The third kappa shape index (κ3) is 8.02. The van der Waals surface area contributed by atoms with Crippen LogP contribution in [0.1, 0.15) is 24.5 Å². The highest BCUT2D eigenvalue weighted by Crippen LogP contribution is 2.26. The van der Waals surface area contributed by atoms with Crippen molar-refractivity contribution >= 4 is 27.5 Å². The van der Waals surface area contributed by atoms with Gasteiger partial charge in [0.1, 0.15) is 24.2 Å². The van der Waals surface area contributed by atoms with E-state index in [4.69, 9.17) is 4.74 Å². The quantitative estimate of drug-likeness (QED) is 0.210. The van der Waals surface area contributed by atoms with Crippen LogP contribution in [-0.4, -0.2) is 51.4 Å². The van der Waals surface area contributed by atoms with E-state index in [2.05, 4.69) is 5.32 Å². The molecule has 2 amide bonds. The Bertz CT molecular complexity index is 1630. The number of anilines is 1. The summed E-state index contributed by atoms with van der Waals surface area (Å²) in [4.78, 5) is 29.2. The Morgan fingerprint density at radius 1 is 0.864 bits per heavy atom. The minimum absolute atomic E-state index is 0.0443. The molecule has 4 aromatic rings. The summed E-state index contributed by atoms with van der Waals surface area (Å²) in [6, 6.07) is 28.3. The molecule has 4 aromatic carbocycles. The number of nitrogens with one attached hydrogen (secondary N) is 1. The zero-order valence-electron chi connectivity index (χ0n) is 24.7. The van der Waals surface area contributed by atoms with E-state index in [1.165, 1.54) is 42.3 Å². The average molecular weight is 618 g/mol. The summed E-state index contributed by atoms with van der Waals surface area (Å²) in [5, 5.41) is 2.87. The molecule has 0 spiro atoms. The third-order valence-electron chi connectivity index (χ3n) is 7.09.